The van der Waals surface area contributed by atoms with Crippen LogP contribution in [0.4, 0.5) is 0 Å². The Kier molecular flexibility index (Phi) is 6.93. The lowest BCUT2D eigenvalue weighted by Gasteiger charge is -2.20. The van der Waals surface area contributed by atoms with E-state index in [2.05, 4.69) is 0 Å². The molecule has 16 heavy (non-hydrogen) atoms. The lowest BCUT2D eigenvalue weighted by molar-refractivity contribution is -0.151. The third-order valence-corrected chi connectivity index (χ3v) is 1.97. The summed E-state index contributed by atoms with van der Waals surface area (Å²) < 4.78 is 9.77. The van der Waals surface area contributed by atoms with Crippen molar-refractivity contribution in [1.82, 2.24) is 0 Å². The van der Waals surface area contributed by atoms with E-state index in [1.165, 1.54) is 13.8 Å². The molecule has 90 valence electrons. The molecule has 0 unspecified atom stereocenters. The molecule has 0 aliphatic carbocycles. The fraction of sp³-hybridized carbons (Fsp3) is 0.727. The van der Waals surface area contributed by atoms with E-state index in [9.17, 15) is 9.59 Å². The van der Waals surface area contributed by atoms with Crippen LogP contribution in [0, 0.1) is 17.2 Å². The molecule has 0 N–H and O–H groups in total. The number of hydrogen-bond donors (Lipinski definition) is 0. The van der Waals surface area contributed by atoms with Gasteiger partial charge < -0.3 is 9.47 Å². The van der Waals surface area contributed by atoms with E-state index >= 15 is 0 Å². The first-order valence-corrected chi connectivity index (χ1v) is 5.21. The van der Waals surface area contributed by atoms with Crippen LogP contribution in [0.1, 0.15) is 33.6 Å². The summed E-state index contributed by atoms with van der Waals surface area (Å²) in [5.41, 5.74) is 0. The molecule has 0 aromatic rings. The Bertz CT molecular complexity index is 282. The van der Waals surface area contributed by atoms with Crippen molar-refractivity contribution in [3.63, 3.8) is 0 Å². The van der Waals surface area contributed by atoms with Gasteiger partial charge in [0.05, 0.1) is 6.07 Å². The summed E-state index contributed by atoms with van der Waals surface area (Å²) in [6, 6.07) is 1.99. The number of carbonyl (C=O) groups excluding carboxylic acids is 2. The fourth-order valence-corrected chi connectivity index (χ4v) is 1.27. The number of carbonyl (C=O) groups is 2. The van der Waals surface area contributed by atoms with E-state index < -0.39 is 24.0 Å². The lowest BCUT2D eigenvalue weighted by atomic mass is 10.0. The van der Waals surface area contributed by atoms with Crippen LogP contribution in [0.25, 0.3) is 0 Å². The van der Waals surface area contributed by atoms with Crippen LogP contribution in [0.5, 0.6) is 0 Å². The van der Waals surface area contributed by atoms with Crippen molar-refractivity contribution in [3.8, 4) is 6.07 Å². The summed E-state index contributed by atoms with van der Waals surface area (Å²) in [5.74, 6) is -1.48. The lowest BCUT2D eigenvalue weighted by Crippen LogP contribution is -2.29. The average Bonchev–Trinajstić information content (AvgIpc) is 2.17. The number of nitriles is 1. The zero-order chi connectivity index (χ0) is 12.6. The predicted molar refractivity (Wildman–Crippen MR) is 56.2 cm³/mol. The molecule has 0 fully saturated rings. The summed E-state index contributed by atoms with van der Waals surface area (Å²) in [6.07, 6.45) is 0.863. The van der Waals surface area contributed by atoms with E-state index in [1.54, 1.807) is 0 Å². The second-order valence-corrected chi connectivity index (χ2v) is 3.47. The number of ether oxygens (including phenoxy) is 2. The Morgan fingerprint density at radius 2 is 1.94 bits per heavy atom. The standard InChI is InChI=1S/C11H17NO4/c1-4-5-11(16-9(3)14)10(6-12)7-15-8(2)13/h10-11H,4-5,7H2,1-3H3/t10-,11+/m1/s1. The summed E-state index contributed by atoms with van der Waals surface area (Å²) in [4.78, 5) is 21.5. The van der Waals surface area contributed by atoms with Crippen molar-refractivity contribution >= 4 is 11.9 Å². The molecular formula is C11H17NO4. The minimum atomic E-state index is -0.604. The Labute approximate surface area is 95.3 Å². The summed E-state index contributed by atoms with van der Waals surface area (Å²) in [6.45, 7) is 4.46. The molecule has 0 aromatic carbocycles. The van der Waals surface area contributed by atoms with Crippen LogP contribution in [0.2, 0.25) is 0 Å². The Hall–Kier alpha value is -1.57. The van der Waals surface area contributed by atoms with Crippen LogP contribution in [0.3, 0.4) is 0 Å². The van der Waals surface area contributed by atoms with Gasteiger partial charge in [0.2, 0.25) is 0 Å². The molecule has 0 bridgehead atoms. The van der Waals surface area contributed by atoms with Gasteiger partial charge in [-0.15, -0.1) is 0 Å². The van der Waals surface area contributed by atoms with Gasteiger partial charge in [-0.05, 0) is 6.42 Å². The largest absolute Gasteiger partial charge is 0.464 e. The third-order valence-electron chi connectivity index (χ3n) is 1.97. The van der Waals surface area contributed by atoms with E-state index in [-0.39, 0.29) is 6.61 Å². The van der Waals surface area contributed by atoms with Gasteiger partial charge in [-0.3, -0.25) is 9.59 Å². The normalized spacial score (nSPS) is 13.4. The molecule has 0 spiro atoms. The summed E-state index contributed by atoms with van der Waals surface area (Å²) in [5, 5.41) is 8.92. The van der Waals surface area contributed by atoms with Gasteiger partial charge >= 0.3 is 11.9 Å². The molecule has 0 rings (SSSR count). The zero-order valence-electron chi connectivity index (χ0n) is 9.86. The highest BCUT2D eigenvalue weighted by Gasteiger charge is 2.24. The molecule has 5 nitrogen and oxygen atoms in total. The van der Waals surface area contributed by atoms with Crippen molar-refractivity contribution in [3.05, 3.63) is 0 Å². The summed E-state index contributed by atoms with van der Waals surface area (Å²) >= 11 is 0. The minimum absolute atomic E-state index is 0.0379. The highest BCUT2D eigenvalue weighted by atomic mass is 16.6. The average molecular weight is 227 g/mol. The molecular weight excluding hydrogens is 210 g/mol. The van der Waals surface area contributed by atoms with Crippen molar-refractivity contribution in [1.29, 1.82) is 5.26 Å². The molecule has 0 saturated heterocycles. The number of rotatable bonds is 6. The Morgan fingerprint density at radius 3 is 2.31 bits per heavy atom. The highest BCUT2D eigenvalue weighted by Crippen LogP contribution is 2.14. The van der Waals surface area contributed by atoms with Gasteiger partial charge in [0, 0.05) is 13.8 Å². The van der Waals surface area contributed by atoms with E-state index in [0.717, 1.165) is 6.42 Å². The SMILES string of the molecule is CCC[C@H](OC(C)=O)[C@H](C#N)COC(C)=O. The van der Waals surface area contributed by atoms with Gasteiger partial charge in [0.1, 0.15) is 18.6 Å². The van der Waals surface area contributed by atoms with Crippen LogP contribution in [0.15, 0.2) is 0 Å². The first-order chi connectivity index (χ1) is 7.51. The predicted octanol–water partition coefficient (Wildman–Crippen LogP) is 1.42. The van der Waals surface area contributed by atoms with E-state index in [0.29, 0.717) is 6.42 Å². The van der Waals surface area contributed by atoms with Crippen LogP contribution in [-0.2, 0) is 19.1 Å². The zero-order valence-corrected chi connectivity index (χ0v) is 9.86. The molecule has 0 amide bonds. The molecule has 2 atom stereocenters. The van der Waals surface area contributed by atoms with Crippen LogP contribution in [-0.4, -0.2) is 24.6 Å². The van der Waals surface area contributed by atoms with Gasteiger partial charge in [0.25, 0.3) is 0 Å². The van der Waals surface area contributed by atoms with Crippen molar-refractivity contribution < 1.29 is 19.1 Å². The number of esters is 2. The van der Waals surface area contributed by atoms with Gasteiger partial charge in [-0.2, -0.15) is 5.26 Å². The Balaban J connectivity index is 4.39. The minimum Gasteiger partial charge on any atom is -0.464 e. The maximum atomic E-state index is 10.8. The van der Waals surface area contributed by atoms with Crippen LogP contribution >= 0.6 is 0 Å². The first-order valence-electron chi connectivity index (χ1n) is 5.21. The number of hydrogen-bond acceptors (Lipinski definition) is 5. The van der Waals surface area contributed by atoms with E-state index in [1.807, 2.05) is 13.0 Å². The molecule has 0 aliphatic rings. The smallest absolute Gasteiger partial charge is 0.302 e. The second-order valence-electron chi connectivity index (χ2n) is 3.47. The molecule has 0 radical (unpaired) electrons. The van der Waals surface area contributed by atoms with Crippen LogP contribution < -0.4 is 0 Å². The highest BCUT2D eigenvalue weighted by molar-refractivity contribution is 5.66. The van der Waals surface area contributed by atoms with Crippen molar-refractivity contribution in [2.45, 2.75) is 39.7 Å². The fourth-order valence-electron chi connectivity index (χ4n) is 1.27. The summed E-state index contributed by atoms with van der Waals surface area (Å²) in [7, 11) is 0. The van der Waals surface area contributed by atoms with E-state index in [4.69, 9.17) is 14.7 Å². The number of nitrogens with zero attached hydrogens (tertiary/aromatic N) is 1. The molecule has 5 heteroatoms. The van der Waals surface area contributed by atoms with Crippen molar-refractivity contribution in [2.75, 3.05) is 6.61 Å². The first kappa shape index (κ1) is 14.4. The maximum Gasteiger partial charge on any atom is 0.302 e. The molecule has 0 heterocycles. The quantitative estimate of drug-likeness (QED) is 0.641. The molecule has 0 aromatic heterocycles. The van der Waals surface area contributed by atoms with Crippen molar-refractivity contribution in [2.24, 2.45) is 5.92 Å². The Morgan fingerprint density at radius 1 is 1.31 bits per heavy atom. The van der Waals surface area contributed by atoms with Gasteiger partial charge in [-0.25, -0.2) is 0 Å². The van der Waals surface area contributed by atoms with Gasteiger partial charge in [-0.1, -0.05) is 13.3 Å². The van der Waals surface area contributed by atoms with Gasteiger partial charge in [0.15, 0.2) is 0 Å². The monoisotopic (exact) mass is 227 g/mol. The maximum absolute atomic E-state index is 10.8. The second kappa shape index (κ2) is 7.69. The molecule has 0 aliphatic heterocycles. The molecule has 0 saturated carbocycles. The topological polar surface area (TPSA) is 76.4 Å². The third kappa shape index (κ3) is 6.02.